The van der Waals surface area contributed by atoms with Crippen molar-refractivity contribution in [3.8, 4) is 0 Å². The quantitative estimate of drug-likeness (QED) is 0.903. The first-order valence-electron chi connectivity index (χ1n) is 7.40. The molecule has 0 radical (unpaired) electrons. The second kappa shape index (κ2) is 6.20. The van der Waals surface area contributed by atoms with Crippen molar-refractivity contribution in [2.75, 3.05) is 31.1 Å². The molecule has 7 heteroatoms. The Morgan fingerprint density at radius 2 is 1.83 bits per heavy atom. The van der Waals surface area contributed by atoms with Gasteiger partial charge in [0.25, 0.3) is 11.5 Å². The number of aromatic amines is 1. The van der Waals surface area contributed by atoms with E-state index in [2.05, 4.69) is 14.9 Å². The molecule has 1 aliphatic rings. The third kappa shape index (κ3) is 3.23. The molecule has 2 heterocycles. The normalized spacial score (nSPS) is 14.9. The van der Waals surface area contributed by atoms with E-state index in [1.54, 1.807) is 24.0 Å². The first-order valence-corrected chi connectivity index (χ1v) is 7.40. The van der Waals surface area contributed by atoms with Crippen LogP contribution in [0.5, 0.6) is 0 Å². The molecular formula is C16H17FN4O2. The summed E-state index contributed by atoms with van der Waals surface area (Å²) in [5.41, 5.74) is 0.572. The fourth-order valence-corrected chi connectivity index (χ4v) is 2.63. The standard InChI is InChI=1S/C16H17FN4O2/c1-11-18-10-14(15(22)19-11)16(23)21-8-6-20(7-9-21)13-4-2-12(17)3-5-13/h2-5,10H,6-9H2,1H3,(H,18,19,22). The van der Waals surface area contributed by atoms with Crippen molar-refractivity contribution in [1.82, 2.24) is 14.9 Å². The average Bonchev–Trinajstić information content (AvgIpc) is 2.55. The predicted molar refractivity (Wildman–Crippen MR) is 84.1 cm³/mol. The van der Waals surface area contributed by atoms with Crippen LogP contribution in [-0.4, -0.2) is 47.0 Å². The molecule has 1 aliphatic heterocycles. The first-order chi connectivity index (χ1) is 11.0. The molecule has 0 bridgehead atoms. The minimum Gasteiger partial charge on any atom is -0.368 e. The zero-order chi connectivity index (χ0) is 16.4. The number of halogens is 1. The van der Waals surface area contributed by atoms with E-state index in [0.717, 1.165) is 5.69 Å². The highest BCUT2D eigenvalue weighted by Crippen LogP contribution is 2.17. The number of benzene rings is 1. The SMILES string of the molecule is Cc1ncc(C(=O)N2CCN(c3ccc(F)cc3)CC2)c(=O)[nH]1. The van der Waals surface area contributed by atoms with Gasteiger partial charge in [-0.2, -0.15) is 0 Å². The first kappa shape index (κ1) is 15.2. The number of H-pyrrole nitrogens is 1. The molecule has 0 saturated carbocycles. The van der Waals surface area contributed by atoms with Crippen LogP contribution in [0.4, 0.5) is 10.1 Å². The number of carbonyl (C=O) groups is 1. The molecule has 1 fully saturated rings. The van der Waals surface area contributed by atoms with Crippen molar-refractivity contribution in [2.45, 2.75) is 6.92 Å². The van der Waals surface area contributed by atoms with Crippen LogP contribution >= 0.6 is 0 Å². The molecule has 0 aliphatic carbocycles. The van der Waals surface area contributed by atoms with Gasteiger partial charge < -0.3 is 14.8 Å². The lowest BCUT2D eigenvalue weighted by Gasteiger charge is -2.36. The Morgan fingerprint density at radius 1 is 1.17 bits per heavy atom. The number of hydrogen-bond donors (Lipinski definition) is 1. The summed E-state index contributed by atoms with van der Waals surface area (Å²) >= 11 is 0. The largest absolute Gasteiger partial charge is 0.368 e. The fraction of sp³-hybridized carbons (Fsp3) is 0.312. The Balaban J connectivity index is 1.67. The number of carbonyl (C=O) groups excluding carboxylic acids is 1. The van der Waals surface area contributed by atoms with Gasteiger partial charge in [0.15, 0.2) is 0 Å². The minimum atomic E-state index is -0.413. The monoisotopic (exact) mass is 316 g/mol. The Morgan fingerprint density at radius 3 is 2.43 bits per heavy atom. The number of rotatable bonds is 2. The van der Waals surface area contributed by atoms with Gasteiger partial charge in [0.05, 0.1) is 0 Å². The maximum absolute atomic E-state index is 13.0. The Bertz CT molecular complexity index is 764. The highest BCUT2D eigenvalue weighted by atomic mass is 19.1. The number of nitrogens with zero attached hydrogens (tertiary/aromatic N) is 3. The van der Waals surface area contributed by atoms with E-state index < -0.39 is 5.56 Å². The van der Waals surface area contributed by atoms with Crippen LogP contribution in [0.1, 0.15) is 16.2 Å². The minimum absolute atomic E-state index is 0.0610. The molecule has 0 spiro atoms. The molecule has 6 nitrogen and oxygen atoms in total. The molecular weight excluding hydrogens is 299 g/mol. The van der Waals surface area contributed by atoms with Gasteiger partial charge in [-0.1, -0.05) is 0 Å². The lowest BCUT2D eigenvalue weighted by atomic mass is 10.2. The van der Waals surface area contributed by atoms with E-state index in [9.17, 15) is 14.0 Å². The van der Waals surface area contributed by atoms with Crippen molar-refractivity contribution >= 4 is 11.6 Å². The van der Waals surface area contributed by atoms with Gasteiger partial charge in [-0.05, 0) is 31.2 Å². The molecule has 120 valence electrons. The zero-order valence-electron chi connectivity index (χ0n) is 12.8. The summed E-state index contributed by atoms with van der Waals surface area (Å²) in [5, 5.41) is 0. The van der Waals surface area contributed by atoms with Crippen LogP contribution in [0, 0.1) is 12.7 Å². The van der Waals surface area contributed by atoms with Crippen LogP contribution in [-0.2, 0) is 0 Å². The van der Waals surface area contributed by atoms with Crippen molar-refractivity contribution < 1.29 is 9.18 Å². The maximum Gasteiger partial charge on any atom is 0.263 e. The van der Waals surface area contributed by atoms with Crippen LogP contribution < -0.4 is 10.5 Å². The molecule has 1 aromatic heterocycles. The number of aryl methyl sites for hydroxylation is 1. The number of amides is 1. The smallest absolute Gasteiger partial charge is 0.263 e. The lowest BCUT2D eigenvalue weighted by Crippen LogP contribution is -2.49. The zero-order valence-corrected chi connectivity index (χ0v) is 12.8. The Kier molecular flexibility index (Phi) is 4.10. The van der Waals surface area contributed by atoms with Crippen LogP contribution in [0.2, 0.25) is 0 Å². The van der Waals surface area contributed by atoms with Crippen LogP contribution in [0.3, 0.4) is 0 Å². The summed E-state index contributed by atoms with van der Waals surface area (Å²) in [6.45, 7) is 3.94. The Hall–Kier alpha value is -2.70. The highest BCUT2D eigenvalue weighted by molar-refractivity contribution is 5.93. The van der Waals surface area contributed by atoms with Crippen molar-refractivity contribution in [3.63, 3.8) is 0 Å². The van der Waals surface area contributed by atoms with Gasteiger partial charge in [-0.15, -0.1) is 0 Å². The third-order valence-electron chi connectivity index (χ3n) is 3.92. The number of aromatic nitrogens is 2. The summed E-state index contributed by atoms with van der Waals surface area (Å²) in [7, 11) is 0. The van der Waals surface area contributed by atoms with E-state index in [-0.39, 0.29) is 17.3 Å². The van der Waals surface area contributed by atoms with E-state index >= 15 is 0 Å². The molecule has 2 aromatic rings. The average molecular weight is 316 g/mol. The van der Waals surface area contributed by atoms with E-state index in [0.29, 0.717) is 32.0 Å². The van der Waals surface area contributed by atoms with Crippen molar-refractivity contribution in [2.24, 2.45) is 0 Å². The van der Waals surface area contributed by atoms with E-state index in [4.69, 9.17) is 0 Å². The van der Waals surface area contributed by atoms with Gasteiger partial charge in [0.2, 0.25) is 0 Å². The summed E-state index contributed by atoms with van der Waals surface area (Å²) < 4.78 is 13.0. The number of nitrogens with one attached hydrogen (secondary N) is 1. The van der Waals surface area contributed by atoms with Crippen LogP contribution in [0.25, 0.3) is 0 Å². The number of piperazine rings is 1. The van der Waals surface area contributed by atoms with Gasteiger partial charge in [-0.25, -0.2) is 9.37 Å². The van der Waals surface area contributed by atoms with Gasteiger partial charge in [0.1, 0.15) is 17.2 Å². The predicted octanol–water partition coefficient (Wildman–Crippen LogP) is 1.18. The summed E-state index contributed by atoms with van der Waals surface area (Å²) in [6.07, 6.45) is 1.32. The molecule has 1 N–H and O–H groups in total. The summed E-state index contributed by atoms with van der Waals surface area (Å²) in [4.78, 5) is 34.5. The molecule has 3 rings (SSSR count). The summed E-state index contributed by atoms with van der Waals surface area (Å²) in [5.74, 6) is -0.0983. The molecule has 23 heavy (non-hydrogen) atoms. The van der Waals surface area contributed by atoms with E-state index in [1.807, 2.05) is 0 Å². The lowest BCUT2D eigenvalue weighted by molar-refractivity contribution is 0.0744. The molecule has 0 atom stereocenters. The highest BCUT2D eigenvalue weighted by Gasteiger charge is 2.24. The second-order valence-electron chi connectivity index (χ2n) is 5.47. The second-order valence-corrected chi connectivity index (χ2v) is 5.47. The van der Waals surface area contributed by atoms with Crippen molar-refractivity contribution in [3.05, 3.63) is 58.0 Å². The van der Waals surface area contributed by atoms with Gasteiger partial charge in [0, 0.05) is 38.1 Å². The maximum atomic E-state index is 13.0. The molecule has 1 saturated heterocycles. The fourth-order valence-electron chi connectivity index (χ4n) is 2.63. The third-order valence-corrected chi connectivity index (χ3v) is 3.92. The number of hydrogen-bond acceptors (Lipinski definition) is 4. The van der Waals surface area contributed by atoms with Gasteiger partial charge in [-0.3, -0.25) is 9.59 Å². The van der Waals surface area contributed by atoms with E-state index in [1.165, 1.54) is 18.3 Å². The van der Waals surface area contributed by atoms with Crippen LogP contribution in [0.15, 0.2) is 35.3 Å². The topological polar surface area (TPSA) is 69.3 Å². The molecule has 1 amide bonds. The Labute approximate surface area is 132 Å². The molecule has 1 aromatic carbocycles. The summed E-state index contributed by atoms with van der Waals surface area (Å²) in [6, 6.07) is 6.29. The number of anilines is 1. The van der Waals surface area contributed by atoms with Crippen molar-refractivity contribution in [1.29, 1.82) is 0 Å². The molecule has 0 unspecified atom stereocenters. The van der Waals surface area contributed by atoms with Gasteiger partial charge >= 0.3 is 0 Å².